The van der Waals surface area contributed by atoms with E-state index in [-0.39, 0.29) is 43.0 Å². The Morgan fingerprint density at radius 1 is 0.955 bits per heavy atom. The van der Waals surface area contributed by atoms with Crippen LogP contribution in [0.5, 0.6) is 0 Å². The van der Waals surface area contributed by atoms with Crippen molar-refractivity contribution in [2.24, 2.45) is 52.3 Å². The fourth-order valence-corrected chi connectivity index (χ4v) is 10.7. The predicted octanol–water partition coefficient (Wildman–Crippen LogP) is 8.66. The number of carbonyl (C=O) groups excluding carboxylic acids is 2. The fourth-order valence-electron chi connectivity index (χ4n) is 10.7. The average Bonchev–Trinajstić information content (AvgIpc) is 3.49. The SMILES string of the molecule is CC(C)CCC[C@@H](C)[C@H]1CCC2C3C(CC[C@@]21C)[C@@]1(C)CC[C@H](OC(=O)CCC(=O)OCC2COC(C)(C)O2)CC1=C[C@H]3C. The molecule has 0 aromatic rings. The first-order valence-electron chi connectivity index (χ1n) is 18.1. The number of ether oxygens (including phenoxy) is 4. The molecule has 0 bridgehead atoms. The summed E-state index contributed by atoms with van der Waals surface area (Å²) in [5.41, 5.74) is 2.22. The molecule has 1 aliphatic heterocycles. The Morgan fingerprint density at radius 3 is 2.41 bits per heavy atom. The van der Waals surface area contributed by atoms with E-state index in [4.69, 9.17) is 18.9 Å². The molecule has 6 nitrogen and oxygen atoms in total. The van der Waals surface area contributed by atoms with Crippen LogP contribution in [0.4, 0.5) is 0 Å². The number of fused-ring (bicyclic) bond motifs is 5. The zero-order chi connectivity index (χ0) is 31.9. The largest absolute Gasteiger partial charge is 0.463 e. The van der Waals surface area contributed by atoms with Gasteiger partial charge in [0.05, 0.1) is 19.4 Å². The third-order valence-electron chi connectivity index (χ3n) is 12.9. The van der Waals surface area contributed by atoms with E-state index in [0.717, 1.165) is 54.8 Å². The molecule has 0 N–H and O–H groups in total. The first-order chi connectivity index (χ1) is 20.7. The van der Waals surface area contributed by atoms with Crippen molar-refractivity contribution in [3.05, 3.63) is 11.6 Å². The molecular weight excluding hydrogens is 552 g/mol. The summed E-state index contributed by atoms with van der Waals surface area (Å²) in [5, 5.41) is 0. The molecule has 0 radical (unpaired) electrons. The number of hydrogen-bond acceptors (Lipinski definition) is 6. The average molecular weight is 615 g/mol. The van der Waals surface area contributed by atoms with Crippen LogP contribution in [0.2, 0.25) is 0 Å². The van der Waals surface area contributed by atoms with Gasteiger partial charge in [-0.05, 0) is 105 Å². The van der Waals surface area contributed by atoms with Gasteiger partial charge in [-0.2, -0.15) is 0 Å². The molecule has 0 aromatic carbocycles. The Labute approximate surface area is 267 Å². The molecule has 10 atom stereocenters. The second-order valence-electron chi connectivity index (χ2n) is 16.8. The van der Waals surface area contributed by atoms with E-state index in [9.17, 15) is 9.59 Å². The van der Waals surface area contributed by atoms with Crippen LogP contribution in [0.15, 0.2) is 11.6 Å². The minimum Gasteiger partial charge on any atom is -0.463 e. The molecule has 0 amide bonds. The Morgan fingerprint density at radius 2 is 1.70 bits per heavy atom. The lowest BCUT2D eigenvalue weighted by Gasteiger charge is -2.60. The molecule has 250 valence electrons. The smallest absolute Gasteiger partial charge is 0.306 e. The van der Waals surface area contributed by atoms with Gasteiger partial charge in [-0.3, -0.25) is 9.59 Å². The summed E-state index contributed by atoms with van der Waals surface area (Å²) in [6.45, 7) is 19.2. The summed E-state index contributed by atoms with van der Waals surface area (Å²) in [6, 6.07) is 0. The van der Waals surface area contributed by atoms with Crippen molar-refractivity contribution >= 4 is 11.9 Å². The van der Waals surface area contributed by atoms with Crippen molar-refractivity contribution in [3.8, 4) is 0 Å². The zero-order valence-corrected chi connectivity index (χ0v) is 29.1. The predicted molar refractivity (Wildman–Crippen MR) is 173 cm³/mol. The first kappa shape index (κ1) is 33.9. The van der Waals surface area contributed by atoms with Gasteiger partial charge in [0.1, 0.15) is 18.8 Å². The molecular formula is C38H62O6. The third kappa shape index (κ3) is 7.11. The summed E-state index contributed by atoms with van der Waals surface area (Å²) >= 11 is 0. The quantitative estimate of drug-likeness (QED) is 0.171. The Kier molecular flexibility index (Phi) is 10.3. The van der Waals surface area contributed by atoms with Gasteiger partial charge in [0, 0.05) is 6.42 Å². The van der Waals surface area contributed by atoms with E-state index in [0.29, 0.717) is 17.9 Å². The molecule has 0 aromatic heterocycles. The van der Waals surface area contributed by atoms with Gasteiger partial charge in [-0.1, -0.05) is 72.5 Å². The molecule has 1 heterocycles. The summed E-state index contributed by atoms with van der Waals surface area (Å²) < 4.78 is 22.5. The molecule has 4 aliphatic carbocycles. The van der Waals surface area contributed by atoms with Crippen molar-refractivity contribution in [1.29, 1.82) is 0 Å². The molecule has 6 heteroatoms. The van der Waals surface area contributed by atoms with Gasteiger partial charge in [0.15, 0.2) is 5.79 Å². The standard InChI is InChI=1S/C38H62O6/c1-24(2)10-9-11-25(3)30-12-13-31-35-26(4)20-27-21-28(16-18-37(27,7)32(35)17-19-38(30,31)8)43-34(40)15-14-33(39)41-22-29-23-42-36(5,6)44-29/h20,24-26,28-32,35H,9-19,21-23H2,1-8H3/t25-,26-,28+,29?,30-,31?,32?,35?,37+,38-/m1/s1. The van der Waals surface area contributed by atoms with Crippen LogP contribution in [-0.2, 0) is 28.5 Å². The second-order valence-corrected chi connectivity index (χ2v) is 16.8. The van der Waals surface area contributed by atoms with Crippen LogP contribution < -0.4 is 0 Å². The van der Waals surface area contributed by atoms with E-state index >= 15 is 0 Å². The highest BCUT2D eigenvalue weighted by Crippen LogP contribution is 2.68. The minimum absolute atomic E-state index is 0.0290. The lowest BCUT2D eigenvalue weighted by molar-refractivity contribution is -0.161. The van der Waals surface area contributed by atoms with Gasteiger partial charge in [-0.15, -0.1) is 0 Å². The van der Waals surface area contributed by atoms with E-state index in [1.807, 2.05) is 13.8 Å². The van der Waals surface area contributed by atoms with Gasteiger partial charge in [0.25, 0.3) is 0 Å². The topological polar surface area (TPSA) is 71.1 Å². The van der Waals surface area contributed by atoms with Crippen LogP contribution in [0.1, 0.15) is 132 Å². The van der Waals surface area contributed by atoms with Gasteiger partial charge >= 0.3 is 11.9 Å². The van der Waals surface area contributed by atoms with Gasteiger partial charge in [-0.25, -0.2) is 0 Å². The van der Waals surface area contributed by atoms with Crippen molar-refractivity contribution in [1.82, 2.24) is 0 Å². The molecule has 5 aliphatic rings. The maximum Gasteiger partial charge on any atom is 0.306 e. The Balaban J connectivity index is 1.13. The van der Waals surface area contributed by atoms with E-state index < -0.39 is 11.8 Å². The molecule has 0 spiro atoms. The molecule has 1 saturated heterocycles. The highest BCUT2D eigenvalue weighted by atomic mass is 16.7. The van der Waals surface area contributed by atoms with E-state index in [2.05, 4.69) is 47.6 Å². The zero-order valence-electron chi connectivity index (χ0n) is 29.1. The maximum atomic E-state index is 12.7. The van der Waals surface area contributed by atoms with Gasteiger partial charge < -0.3 is 18.9 Å². The highest BCUT2D eigenvalue weighted by Gasteiger charge is 2.60. The number of esters is 2. The summed E-state index contributed by atoms with van der Waals surface area (Å²) in [7, 11) is 0. The van der Waals surface area contributed by atoms with Crippen molar-refractivity contribution in [2.75, 3.05) is 13.2 Å². The van der Waals surface area contributed by atoms with Crippen molar-refractivity contribution in [3.63, 3.8) is 0 Å². The van der Waals surface area contributed by atoms with Crippen LogP contribution in [0.3, 0.4) is 0 Å². The summed E-state index contributed by atoms with van der Waals surface area (Å²) in [6.07, 6.45) is 14.8. The summed E-state index contributed by atoms with van der Waals surface area (Å²) in [5.74, 6) is 4.08. The number of carbonyl (C=O) groups is 2. The second kappa shape index (κ2) is 13.4. The maximum absolute atomic E-state index is 12.7. The van der Waals surface area contributed by atoms with E-state index in [1.54, 1.807) is 0 Å². The lowest BCUT2D eigenvalue weighted by Crippen LogP contribution is -2.53. The monoisotopic (exact) mass is 614 g/mol. The molecule has 4 fully saturated rings. The summed E-state index contributed by atoms with van der Waals surface area (Å²) in [4.78, 5) is 25.0. The molecule has 3 saturated carbocycles. The van der Waals surface area contributed by atoms with Crippen molar-refractivity contribution < 1.29 is 28.5 Å². The van der Waals surface area contributed by atoms with E-state index in [1.165, 1.54) is 50.5 Å². The van der Waals surface area contributed by atoms with Crippen LogP contribution >= 0.6 is 0 Å². The molecule has 4 unspecified atom stereocenters. The Hall–Kier alpha value is -1.40. The lowest BCUT2D eigenvalue weighted by atomic mass is 9.45. The molecule has 5 rings (SSSR count). The third-order valence-corrected chi connectivity index (χ3v) is 12.9. The Bertz CT molecular complexity index is 1060. The van der Waals surface area contributed by atoms with Crippen LogP contribution in [-0.4, -0.2) is 43.1 Å². The normalized spacial score (nSPS) is 40.0. The number of hydrogen-bond donors (Lipinski definition) is 0. The van der Waals surface area contributed by atoms with Crippen LogP contribution in [0.25, 0.3) is 0 Å². The van der Waals surface area contributed by atoms with Gasteiger partial charge in [0.2, 0.25) is 0 Å². The first-order valence-corrected chi connectivity index (χ1v) is 18.1. The fraction of sp³-hybridized carbons (Fsp3) is 0.895. The van der Waals surface area contributed by atoms with Crippen LogP contribution in [0, 0.1) is 52.3 Å². The minimum atomic E-state index is -0.647. The molecule has 44 heavy (non-hydrogen) atoms. The van der Waals surface area contributed by atoms with Crippen molar-refractivity contribution in [2.45, 2.75) is 150 Å². The highest BCUT2D eigenvalue weighted by molar-refractivity contribution is 5.77. The number of rotatable bonds is 11. The number of allylic oxidation sites excluding steroid dienone is 1.